The average molecular weight is 945 g/mol. The van der Waals surface area contributed by atoms with Crippen LogP contribution in [0, 0.1) is 5.41 Å². The molecule has 3 aliphatic heterocycles. The van der Waals surface area contributed by atoms with Crippen LogP contribution in [0.15, 0.2) is 60.7 Å². The molecular weight excluding hydrogens is 877 g/mol. The van der Waals surface area contributed by atoms with E-state index in [1.165, 1.54) is 9.80 Å². The fourth-order valence-electron chi connectivity index (χ4n) is 8.78. The lowest BCUT2D eigenvalue weighted by Gasteiger charge is -2.34. The van der Waals surface area contributed by atoms with Gasteiger partial charge in [-0.15, -0.1) is 0 Å². The van der Waals surface area contributed by atoms with Gasteiger partial charge in [0.2, 0.25) is 47.3 Å². The monoisotopic (exact) mass is 945 g/mol. The van der Waals surface area contributed by atoms with Crippen LogP contribution in [0.25, 0.3) is 0 Å². The van der Waals surface area contributed by atoms with Crippen molar-refractivity contribution in [2.45, 2.75) is 132 Å². The van der Waals surface area contributed by atoms with Crippen molar-refractivity contribution in [3.05, 3.63) is 71.8 Å². The van der Waals surface area contributed by atoms with Crippen molar-refractivity contribution >= 4 is 53.2 Å². The van der Waals surface area contributed by atoms with Gasteiger partial charge in [0.25, 0.3) is 0 Å². The van der Waals surface area contributed by atoms with E-state index in [9.17, 15) is 43.5 Å². The molecule has 0 aliphatic carbocycles. The molecule has 0 spiro atoms. The van der Waals surface area contributed by atoms with Crippen molar-refractivity contribution in [2.75, 3.05) is 32.8 Å². The molecule has 21 heteroatoms. The molecule has 3 fully saturated rings. The van der Waals surface area contributed by atoms with Crippen LogP contribution in [0.4, 0.5) is 0 Å². The van der Waals surface area contributed by atoms with Crippen LogP contribution >= 0.6 is 0 Å². The minimum atomic E-state index is -1.57. The standard InChI is InChI=1S/C47H68N12O9/c1-2-3-17-33-45(67)59-25-12-20-38(59)46(68)58-24-11-19-37(58)44(66)53-31(18-10-23-51-47(49)50)39(61)55-34(26-30-15-8-5-9-16-30)41(63)52-32(22-21-29-13-6-4-7-14-29)40(62)56-35(27-48)42(64)57-36(28-60)43(65)54-33/h4-9,13-16,31-38,60H,2-3,10-12,17-28,48H2,1H3,(H,52,63)(H,53,66)(H,54,65)(H,55,61)(H,56,62)(H,57,64)(H4,49,50,51)/t31-,32-,33-,34-,35-,36-,37-,38+/m0/s1. The number of aliphatic hydroxyl groups excluding tert-OH is 1. The van der Waals surface area contributed by atoms with Crippen molar-refractivity contribution < 1.29 is 43.5 Å². The molecule has 0 saturated carbocycles. The number of guanidine groups is 1. The first-order valence-corrected chi connectivity index (χ1v) is 23.6. The Labute approximate surface area is 396 Å². The van der Waals surface area contributed by atoms with Crippen LogP contribution in [0.2, 0.25) is 0 Å². The molecule has 3 heterocycles. The highest BCUT2D eigenvalue weighted by Gasteiger charge is 2.44. The van der Waals surface area contributed by atoms with Gasteiger partial charge in [0.05, 0.1) is 6.61 Å². The minimum absolute atomic E-state index is 0.0305. The maximum absolute atomic E-state index is 14.5. The average Bonchev–Trinajstić information content (AvgIpc) is 4.04. The minimum Gasteiger partial charge on any atom is -0.394 e. The number of fused-ring (bicyclic) bond motifs is 2. The van der Waals surface area contributed by atoms with Crippen LogP contribution in [-0.4, -0.2) is 149 Å². The van der Waals surface area contributed by atoms with Gasteiger partial charge in [-0.05, 0) is 68.9 Å². The number of unbranched alkanes of at least 4 members (excludes halogenated alkanes) is 1. The topological polar surface area (TPSA) is 323 Å². The predicted molar refractivity (Wildman–Crippen MR) is 251 cm³/mol. The third-order valence-corrected chi connectivity index (χ3v) is 12.5. The Balaban J connectivity index is 1.53. The van der Waals surface area contributed by atoms with Crippen molar-refractivity contribution in [3.63, 3.8) is 0 Å². The number of amides is 8. The first-order chi connectivity index (χ1) is 32.7. The molecule has 13 N–H and O–H groups in total. The summed E-state index contributed by atoms with van der Waals surface area (Å²) >= 11 is 0. The zero-order chi connectivity index (χ0) is 49.2. The molecule has 68 heavy (non-hydrogen) atoms. The zero-order valence-electron chi connectivity index (χ0n) is 38.7. The van der Waals surface area contributed by atoms with Gasteiger partial charge in [-0.25, -0.2) is 0 Å². The molecule has 21 nitrogen and oxygen atoms in total. The summed E-state index contributed by atoms with van der Waals surface area (Å²) in [5.74, 6) is -5.95. The van der Waals surface area contributed by atoms with E-state index in [1.807, 2.05) is 37.3 Å². The van der Waals surface area contributed by atoms with E-state index in [0.29, 0.717) is 44.1 Å². The van der Waals surface area contributed by atoms with Crippen LogP contribution in [-0.2, 0) is 51.2 Å². The Morgan fingerprint density at radius 1 is 0.618 bits per heavy atom. The number of hydrogen-bond acceptors (Lipinski definition) is 11. The summed E-state index contributed by atoms with van der Waals surface area (Å²) < 4.78 is 0. The number of nitrogens with one attached hydrogen (secondary N) is 8. The van der Waals surface area contributed by atoms with E-state index in [4.69, 9.17) is 16.9 Å². The predicted octanol–water partition coefficient (Wildman–Crippen LogP) is -1.83. The summed E-state index contributed by atoms with van der Waals surface area (Å²) in [7, 11) is 0. The Kier molecular flexibility index (Phi) is 20.1. The van der Waals surface area contributed by atoms with Crippen molar-refractivity contribution in [3.8, 4) is 0 Å². The number of aryl methyl sites for hydroxylation is 1. The van der Waals surface area contributed by atoms with Gasteiger partial charge in [-0.3, -0.25) is 43.8 Å². The lowest BCUT2D eigenvalue weighted by atomic mass is 10.0. The molecule has 0 aromatic heterocycles. The van der Waals surface area contributed by atoms with E-state index in [0.717, 1.165) is 5.56 Å². The van der Waals surface area contributed by atoms with Gasteiger partial charge in [0.1, 0.15) is 48.3 Å². The molecule has 5 rings (SSSR count). The molecule has 370 valence electrons. The molecule has 2 aromatic rings. The third kappa shape index (κ3) is 14.7. The van der Waals surface area contributed by atoms with Gasteiger partial charge < -0.3 is 63.6 Å². The number of carbonyl (C=O) groups is 8. The third-order valence-electron chi connectivity index (χ3n) is 12.5. The number of nitrogens with zero attached hydrogens (tertiary/aromatic N) is 2. The lowest BCUT2D eigenvalue weighted by molar-refractivity contribution is -0.148. The number of rotatable bonds is 14. The fraction of sp³-hybridized carbons (Fsp3) is 0.553. The second kappa shape index (κ2) is 26.1. The van der Waals surface area contributed by atoms with E-state index < -0.39 is 109 Å². The smallest absolute Gasteiger partial charge is 0.246 e. The summed E-state index contributed by atoms with van der Waals surface area (Å²) in [5.41, 5.74) is 13.0. The summed E-state index contributed by atoms with van der Waals surface area (Å²) in [6.45, 7) is 1.19. The van der Waals surface area contributed by atoms with Gasteiger partial charge in [0, 0.05) is 32.6 Å². The Morgan fingerprint density at radius 2 is 1.10 bits per heavy atom. The Morgan fingerprint density at radius 3 is 1.72 bits per heavy atom. The van der Waals surface area contributed by atoms with Crippen molar-refractivity contribution in [2.24, 2.45) is 11.5 Å². The molecular formula is C47H68N12O9. The number of hydrogen-bond donors (Lipinski definition) is 11. The molecule has 2 aromatic carbocycles. The maximum atomic E-state index is 14.5. The molecule has 0 radical (unpaired) electrons. The van der Waals surface area contributed by atoms with Crippen LogP contribution in [0.3, 0.4) is 0 Å². The Hall–Kier alpha value is -6.61. The molecule has 8 amide bonds. The van der Waals surface area contributed by atoms with Gasteiger partial charge in [-0.1, -0.05) is 80.4 Å². The normalized spacial score (nSPS) is 26.0. The van der Waals surface area contributed by atoms with E-state index >= 15 is 0 Å². The second-order valence-electron chi connectivity index (χ2n) is 17.5. The molecule has 3 aliphatic rings. The first kappa shape index (κ1) is 52.4. The van der Waals surface area contributed by atoms with Gasteiger partial charge in [-0.2, -0.15) is 0 Å². The van der Waals surface area contributed by atoms with Gasteiger partial charge in [0.15, 0.2) is 5.96 Å². The summed E-state index contributed by atoms with van der Waals surface area (Å²) in [6.07, 6.45) is 3.50. The quantitative estimate of drug-likeness (QED) is 0.0567. The van der Waals surface area contributed by atoms with E-state index in [-0.39, 0.29) is 64.1 Å². The number of nitrogens with two attached hydrogens (primary N) is 2. The van der Waals surface area contributed by atoms with Crippen molar-refractivity contribution in [1.82, 2.24) is 47.0 Å². The SMILES string of the molecule is CCCC[C@@H]1NC(=O)[C@H](CO)NC(=O)[C@H](CN)NC(=O)[C@H](CCc2ccccc2)NC(=O)[C@H](Cc2ccccc2)NC(=O)[C@H](CCCNC(=N)N)NC(=O)[C@@H]2CCCN2C(=O)[C@H]2CCCN2C1=O. The molecule has 3 saturated heterocycles. The van der Waals surface area contributed by atoms with Crippen LogP contribution in [0.1, 0.15) is 82.3 Å². The molecule has 0 unspecified atom stereocenters. The highest BCUT2D eigenvalue weighted by molar-refractivity contribution is 5.99. The first-order valence-electron chi connectivity index (χ1n) is 23.6. The highest BCUT2D eigenvalue weighted by Crippen LogP contribution is 2.26. The fourth-order valence-corrected chi connectivity index (χ4v) is 8.78. The van der Waals surface area contributed by atoms with E-state index in [1.54, 1.807) is 30.3 Å². The second-order valence-corrected chi connectivity index (χ2v) is 17.5. The zero-order valence-corrected chi connectivity index (χ0v) is 38.7. The number of carbonyl (C=O) groups excluding carboxylic acids is 8. The largest absolute Gasteiger partial charge is 0.394 e. The number of aliphatic hydroxyl groups is 1. The van der Waals surface area contributed by atoms with E-state index in [2.05, 4.69) is 37.2 Å². The van der Waals surface area contributed by atoms with Gasteiger partial charge >= 0.3 is 0 Å². The summed E-state index contributed by atoms with van der Waals surface area (Å²) in [6, 6.07) is 8.08. The van der Waals surface area contributed by atoms with Crippen LogP contribution < -0.4 is 48.7 Å². The van der Waals surface area contributed by atoms with Crippen molar-refractivity contribution in [1.29, 1.82) is 5.41 Å². The number of benzene rings is 2. The molecule has 0 bridgehead atoms. The molecule has 8 atom stereocenters. The highest BCUT2D eigenvalue weighted by atomic mass is 16.3. The summed E-state index contributed by atoms with van der Waals surface area (Å²) in [4.78, 5) is 116. The van der Waals surface area contributed by atoms with Crippen LogP contribution in [0.5, 0.6) is 0 Å². The Bertz CT molecular complexity index is 2080. The summed E-state index contributed by atoms with van der Waals surface area (Å²) in [5, 5.41) is 36.7. The lowest BCUT2D eigenvalue weighted by Crippen LogP contribution is -2.62. The maximum Gasteiger partial charge on any atom is 0.246 e.